The Morgan fingerprint density at radius 1 is 1.30 bits per heavy atom. The van der Waals surface area contributed by atoms with Gasteiger partial charge in [0.05, 0.1) is 5.52 Å². The van der Waals surface area contributed by atoms with Crippen LogP contribution in [0.25, 0.3) is 11.1 Å². The summed E-state index contributed by atoms with van der Waals surface area (Å²) in [5.41, 5.74) is 1.79. The first-order valence-electron chi connectivity index (χ1n) is 7.13. The quantitative estimate of drug-likeness (QED) is 0.903. The molecule has 0 radical (unpaired) electrons. The van der Waals surface area contributed by atoms with Crippen molar-refractivity contribution in [1.29, 1.82) is 0 Å². The normalized spacial score (nSPS) is 16.4. The van der Waals surface area contributed by atoms with Crippen molar-refractivity contribution in [3.8, 4) is 0 Å². The largest absolute Gasteiger partial charge is 0.417 e. The third-order valence-corrected chi connectivity index (χ3v) is 3.90. The summed E-state index contributed by atoms with van der Waals surface area (Å²) in [6, 6.07) is 5.15. The maximum absolute atomic E-state index is 12.0. The molecule has 0 atom stereocenters. The highest BCUT2D eigenvalue weighted by Gasteiger charge is 2.17. The number of fused-ring (bicyclic) bond motifs is 1. The number of aromatic amines is 1. The molecule has 3 rings (SSSR count). The maximum Gasteiger partial charge on any atom is 0.417 e. The number of carbonyl (C=O) groups excluding carboxylic acids is 1. The summed E-state index contributed by atoms with van der Waals surface area (Å²) in [5.74, 6) is 0.0778. The van der Waals surface area contributed by atoms with Gasteiger partial charge in [0, 0.05) is 12.1 Å². The number of rotatable bonds is 3. The van der Waals surface area contributed by atoms with Gasteiger partial charge in [-0.3, -0.25) is 9.78 Å². The molecule has 20 heavy (non-hydrogen) atoms. The Balaban J connectivity index is 1.65. The van der Waals surface area contributed by atoms with Crippen molar-refractivity contribution in [2.24, 2.45) is 5.92 Å². The highest BCUT2D eigenvalue weighted by molar-refractivity contribution is 5.92. The van der Waals surface area contributed by atoms with E-state index in [9.17, 15) is 9.59 Å². The van der Waals surface area contributed by atoms with E-state index in [0.717, 1.165) is 12.8 Å². The van der Waals surface area contributed by atoms with E-state index in [2.05, 4.69) is 10.3 Å². The zero-order chi connectivity index (χ0) is 13.9. The Kier molecular flexibility index (Phi) is 3.58. The molecule has 0 spiro atoms. The minimum absolute atomic E-state index is 0.0436. The zero-order valence-electron chi connectivity index (χ0n) is 11.3. The summed E-state index contributed by atoms with van der Waals surface area (Å²) < 4.78 is 4.93. The Hall–Kier alpha value is -2.04. The fraction of sp³-hybridized carbons (Fsp3) is 0.467. The lowest BCUT2D eigenvalue weighted by molar-refractivity contribution is -0.117. The topological polar surface area (TPSA) is 75.1 Å². The summed E-state index contributed by atoms with van der Waals surface area (Å²) in [5, 5.41) is 2.89. The van der Waals surface area contributed by atoms with Crippen LogP contribution in [-0.4, -0.2) is 10.9 Å². The fourth-order valence-electron chi connectivity index (χ4n) is 2.90. The van der Waals surface area contributed by atoms with Crippen LogP contribution >= 0.6 is 0 Å². The second kappa shape index (κ2) is 5.53. The Bertz CT molecular complexity index is 665. The minimum atomic E-state index is -0.481. The van der Waals surface area contributed by atoms with Gasteiger partial charge in [-0.1, -0.05) is 19.3 Å². The summed E-state index contributed by atoms with van der Waals surface area (Å²) in [6.45, 7) is 0. The number of anilines is 1. The van der Waals surface area contributed by atoms with Crippen molar-refractivity contribution in [3.05, 3.63) is 28.7 Å². The Morgan fingerprint density at radius 3 is 2.90 bits per heavy atom. The molecule has 2 aromatic rings. The van der Waals surface area contributed by atoms with E-state index in [1.165, 1.54) is 19.3 Å². The van der Waals surface area contributed by atoms with E-state index >= 15 is 0 Å². The molecule has 0 aliphatic heterocycles. The average molecular weight is 274 g/mol. The van der Waals surface area contributed by atoms with Gasteiger partial charge in [0.25, 0.3) is 0 Å². The van der Waals surface area contributed by atoms with Crippen LogP contribution in [0.4, 0.5) is 5.69 Å². The number of oxazole rings is 1. The van der Waals surface area contributed by atoms with E-state index < -0.39 is 5.76 Å². The van der Waals surface area contributed by atoms with E-state index in [0.29, 0.717) is 29.1 Å². The van der Waals surface area contributed by atoms with Crippen LogP contribution < -0.4 is 11.1 Å². The molecule has 1 aromatic carbocycles. The molecule has 1 amide bonds. The molecular weight excluding hydrogens is 256 g/mol. The van der Waals surface area contributed by atoms with Gasteiger partial charge in [0.1, 0.15) is 0 Å². The molecule has 0 bridgehead atoms. The lowest BCUT2D eigenvalue weighted by Crippen LogP contribution is -2.18. The first-order chi connectivity index (χ1) is 9.70. The highest BCUT2D eigenvalue weighted by atomic mass is 16.4. The van der Waals surface area contributed by atoms with Crippen LogP contribution in [0.3, 0.4) is 0 Å². The monoisotopic (exact) mass is 274 g/mol. The van der Waals surface area contributed by atoms with Gasteiger partial charge in [-0.15, -0.1) is 0 Å². The molecule has 1 heterocycles. The van der Waals surface area contributed by atoms with Gasteiger partial charge >= 0.3 is 5.76 Å². The molecule has 1 aliphatic carbocycles. The van der Waals surface area contributed by atoms with Gasteiger partial charge in [-0.2, -0.15) is 0 Å². The van der Waals surface area contributed by atoms with Crippen molar-refractivity contribution in [2.75, 3.05) is 5.32 Å². The third kappa shape index (κ3) is 2.92. The van der Waals surface area contributed by atoms with Crippen molar-refractivity contribution in [3.63, 3.8) is 0 Å². The SMILES string of the molecule is O=C(CC1CCCCC1)Nc1ccc2oc(=O)[nH]c2c1. The number of nitrogens with one attached hydrogen (secondary N) is 2. The third-order valence-electron chi connectivity index (χ3n) is 3.90. The summed E-state index contributed by atoms with van der Waals surface area (Å²) >= 11 is 0. The first kappa shape index (κ1) is 13.0. The zero-order valence-corrected chi connectivity index (χ0v) is 11.3. The lowest BCUT2D eigenvalue weighted by atomic mass is 9.87. The average Bonchev–Trinajstić information content (AvgIpc) is 2.79. The lowest BCUT2D eigenvalue weighted by Gasteiger charge is -2.20. The van der Waals surface area contributed by atoms with Crippen LogP contribution in [0.1, 0.15) is 38.5 Å². The van der Waals surface area contributed by atoms with Gasteiger partial charge in [0.15, 0.2) is 5.58 Å². The van der Waals surface area contributed by atoms with Crippen molar-refractivity contribution in [2.45, 2.75) is 38.5 Å². The predicted octanol–water partition coefficient (Wildman–Crippen LogP) is 3.03. The van der Waals surface area contributed by atoms with E-state index in [4.69, 9.17) is 4.42 Å². The number of aromatic nitrogens is 1. The molecule has 1 fully saturated rings. The second-order valence-corrected chi connectivity index (χ2v) is 5.48. The number of carbonyl (C=O) groups is 1. The fourth-order valence-corrected chi connectivity index (χ4v) is 2.90. The number of hydrogen-bond acceptors (Lipinski definition) is 3. The molecule has 5 nitrogen and oxygen atoms in total. The van der Waals surface area contributed by atoms with E-state index in [1.807, 2.05) is 0 Å². The van der Waals surface area contributed by atoms with Crippen molar-refractivity contribution >= 4 is 22.7 Å². The first-order valence-corrected chi connectivity index (χ1v) is 7.13. The van der Waals surface area contributed by atoms with Crippen LogP contribution in [0, 0.1) is 5.92 Å². The molecule has 0 unspecified atom stereocenters. The molecule has 1 saturated carbocycles. The standard InChI is InChI=1S/C15H18N2O3/c18-14(8-10-4-2-1-3-5-10)16-11-6-7-13-12(9-11)17-15(19)20-13/h6-7,9-10H,1-5,8H2,(H,16,18)(H,17,19). The van der Waals surface area contributed by atoms with Gasteiger partial charge in [-0.05, 0) is 37.0 Å². The minimum Gasteiger partial charge on any atom is -0.408 e. The maximum atomic E-state index is 12.0. The van der Waals surface area contributed by atoms with Crippen LogP contribution in [0.5, 0.6) is 0 Å². The summed E-state index contributed by atoms with van der Waals surface area (Å²) in [7, 11) is 0. The van der Waals surface area contributed by atoms with E-state index in [-0.39, 0.29) is 5.91 Å². The van der Waals surface area contributed by atoms with Crippen molar-refractivity contribution in [1.82, 2.24) is 4.98 Å². The number of H-pyrrole nitrogens is 1. The van der Waals surface area contributed by atoms with Gasteiger partial charge in [0.2, 0.25) is 5.91 Å². The molecule has 106 valence electrons. The van der Waals surface area contributed by atoms with E-state index in [1.54, 1.807) is 18.2 Å². The molecule has 5 heteroatoms. The molecule has 1 aliphatic rings. The predicted molar refractivity (Wildman–Crippen MR) is 76.7 cm³/mol. The molecule has 0 saturated heterocycles. The number of benzene rings is 1. The smallest absolute Gasteiger partial charge is 0.408 e. The van der Waals surface area contributed by atoms with Crippen LogP contribution in [0.15, 0.2) is 27.4 Å². The molecular formula is C15H18N2O3. The highest BCUT2D eigenvalue weighted by Crippen LogP contribution is 2.26. The Morgan fingerprint density at radius 2 is 2.10 bits per heavy atom. The van der Waals surface area contributed by atoms with Crippen LogP contribution in [-0.2, 0) is 4.79 Å². The van der Waals surface area contributed by atoms with Gasteiger partial charge < -0.3 is 9.73 Å². The summed E-state index contributed by atoms with van der Waals surface area (Å²) in [4.78, 5) is 25.7. The number of amides is 1. The number of hydrogen-bond donors (Lipinski definition) is 2. The molecule has 2 N–H and O–H groups in total. The van der Waals surface area contributed by atoms with Crippen LogP contribution in [0.2, 0.25) is 0 Å². The van der Waals surface area contributed by atoms with Crippen molar-refractivity contribution < 1.29 is 9.21 Å². The second-order valence-electron chi connectivity index (χ2n) is 5.48. The Labute approximate surface area is 116 Å². The summed E-state index contributed by atoms with van der Waals surface area (Å²) in [6.07, 6.45) is 6.66. The van der Waals surface area contributed by atoms with Gasteiger partial charge in [-0.25, -0.2) is 4.79 Å². The molecule has 1 aromatic heterocycles.